The van der Waals surface area contributed by atoms with Crippen molar-refractivity contribution in [2.24, 2.45) is 0 Å². The average Bonchev–Trinajstić information content (AvgIpc) is 3.34. The number of aromatic nitrogens is 3. The minimum Gasteiger partial charge on any atom is -0.323 e. The molecule has 4 aromatic rings. The number of benzene rings is 2. The van der Waals surface area contributed by atoms with Crippen LogP contribution in [0.25, 0.3) is 11.8 Å². The van der Waals surface area contributed by atoms with Gasteiger partial charge in [0.1, 0.15) is 0 Å². The van der Waals surface area contributed by atoms with Gasteiger partial charge in [-0.3, -0.25) is 9.78 Å². The average molecular weight is 430 g/mol. The summed E-state index contributed by atoms with van der Waals surface area (Å²) < 4.78 is 27.4. The van der Waals surface area contributed by atoms with E-state index in [4.69, 9.17) is 0 Å². The van der Waals surface area contributed by atoms with Gasteiger partial charge in [-0.2, -0.15) is 5.10 Å². The number of hydrogen-bond donors (Lipinski definition) is 1. The van der Waals surface area contributed by atoms with Gasteiger partial charge < -0.3 is 5.32 Å². The van der Waals surface area contributed by atoms with Crippen LogP contribution in [0.2, 0.25) is 0 Å². The number of amides is 1. The summed E-state index contributed by atoms with van der Waals surface area (Å²) in [7, 11) is -3.68. The lowest BCUT2D eigenvalue weighted by molar-refractivity contribution is -0.111. The molecule has 2 aromatic carbocycles. The number of hydrogen-bond acceptors (Lipinski definition) is 5. The maximum atomic E-state index is 12.9. The Labute approximate surface area is 179 Å². The van der Waals surface area contributed by atoms with Crippen molar-refractivity contribution in [2.75, 3.05) is 5.32 Å². The molecule has 0 unspecified atom stereocenters. The Morgan fingerprint density at radius 2 is 1.61 bits per heavy atom. The summed E-state index contributed by atoms with van der Waals surface area (Å²) in [6.45, 7) is 0. The van der Waals surface area contributed by atoms with Gasteiger partial charge in [0.15, 0.2) is 0 Å². The second kappa shape index (κ2) is 8.76. The van der Waals surface area contributed by atoms with Crippen molar-refractivity contribution in [3.8, 4) is 5.69 Å². The smallest absolute Gasteiger partial charge is 0.248 e. The van der Waals surface area contributed by atoms with Crippen molar-refractivity contribution < 1.29 is 13.2 Å². The highest BCUT2D eigenvalue weighted by molar-refractivity contribution is 7.91. The molecule has 4 rings (SSSR count). The molecule has 0 fully saturated rings. The van der Waals surface area contributed by atoms with Crippen molar-refractivity contribution >= 4 is 27.5 Å². The third-order valence-electron chi connectivity index (χ3n) is 4.46. The lowest BCUT2D eigenvalue weighted by Gasteiger charge is -2.08. The molecule has 154 valence electrons. The summed E-state index contributed by atoms with van der Waals surface area (Å²) in [5.41, 5.74) is 2.06. The van der Waals surface area contributed by atoms with Crippen LogP contribution in [0.5, 0.6) is 0 Å². The fourth-order valence-corrected chi connectivity index (χ4v) is 4.14. The van der Waals surface area contributed by atoms with Crippen molar-refractivity contribution in [1.29, 1.82) is 0 Å². The predicted octanol–water partition coefficient (Wildman–Crippen LogP) is 3.75. The van der Waals surface area contributed by atoms with E-state index in [-0.39, 0.29) is 15.7 Å². The Morgan fingerprint density at radius 1 is 0.903 bits per heavy atom. The molecule has 0 saturated heterocycles. The van der Waals surface area contributed by atoms with E-state index in [1.54, 1.807) is 84.1 Å². The molecule has 7 nitrogen and oxygen atoms in total. The number of carbonyl (C=O) groups is 1. The number of sulfone groups is 1. The number of nitrogens with zero attached hydrogens (tertiary/aromatic N) is 3. The molecule has 0 radical (unpaired) electrons. The largest absolute Gasteiger partial charge is 0.323 e. The van der Waals surface area contributed by atoms with Gasteiger partial charge in [0.25, 0.3) is 0 Å². The van der Waals surface area contributed by atoms with Crippen molar-refractivity contribution in [2.45, 2.75) is 9.79 Å². The summed E-state index contributed by atoms with van der Waals surface area (Å²) in [5, 5.41) is 6.83. The van der Waals surface area contributed by atoms with Gasteiger partial charge in [0, 0.05) is 36.6 Å². The van der Waals surface area contributed by atoms with Gasteiger partial charge in [-0.15, -0.1) is 0 Å². The molecule has 0 aliphatic heterocycles. The Hall–Kier alpha value is -4.04. The minimum atomic E-state index is -3.68. The molecule has 0 aliphatic rings. The summed E-state index contributed by atoms with van der Waals surface area (Å²) in [6.07, 6.45) is 9.77. The molecule has 0 saturated carbocycles. The number of pyridine rings is 1. The highest BCUT2D eigenvalue weighted by Gasteiger charge is 2.17. The van der Waals surface area contributed by atoms with E-state index < -0.39 is 9.84 Å². The maximum absolute atomic E-state index is 12.9. The molecule has 8 heteroatoms. The molecule has 31 heavy (non-hydrogen) atoms. The van der Waals surface area contributed by atoms with Crippen LogP contribution >= 0.6 is 0 Å². The Balaban J connectivity index is 1.45. The molecule has 2 aromatic heterocycles. The standard InChI is InChI=1S/C23H18N4O3S/c28-23(13-4-18-3-1-14-24-17-18)26-19-5-9-21(10-6-19)31(29,30)22-11-7-20(8-12-22)27-16-2-15-25-27/h1-17H,(H,26,28). The van der Waals surface area contributed by atoms with E-state index in [2.05, 4.69) is 15.4 Å². The number of rotatable bonds is 6. The summed E-state index contributed by atoms with van der Waals surface area (Å²) >= 11 is 0. The molecular weight excluding hydrogens is 412 g/mol. The first-order valence-electron chi connectivity index (χ1n) is 9.37. The van der Waals surface area contributed by atoms with Crippen LogP contribution < -0.4 is 5.32 Å². The summed E-state index contributed by atoms with van der Waals surface area (Å²) in [6, 6.07) is 17.9. The number of carbonyl (C=O) groups excluding carboxylic acids is 1. The van der Waals surface area contributed by atoms with E-state index in [1.165, 1.54) is 18.2 Å². The first-order valence-corrected chi connectivity index (χ1v) is 10.8. The van der Waals surface area contributed by atoms with Gasteiger partial charge in [0.2, 0.25) is 15.7 Å². The molecule has 1 N–H and O–H groups in total. The highest BCUT2D eigenvalue weighted by atomic mass is 32.2. The SMILES string of the molecule is O=C(C=Cc1cccnc1)Nc1ccc(S(=O)(=O)c2ccc(-n3cccn3)cc2)cc1. The fraction of sp³-hybridized carbons (Fsp3) is 0. The van der Waals surface area contributed by atoms with Gasteiger partial charge in [0.05, 0.1) is 15.5 Å². The van der Waals surface area contributed by atoms with Crippen molar-refractivity contribution in [1.82, 2.24) is 14.8 Å². The van der Waals surface area contributed by atoms with Gasteiger partial charge in [-0.1, -0.05) is 6.07 Å². The van der Waals surface area contributed by atoms with Crippen LogP contribution in [0.4, 0.5) is 5.69 Å². The maximum Gasteiger partial charge on any atom is 0.248 e. The van der Waals surface area contributed by atoms with Crippen LogP contribution in [0.1, 0.15) is 5.56 Å². The normalized spacial score (nSPS) is 11.5. The van der Waals surface area contributed by atoms with Crippen LogP contribution in [0.3, 0.4) is 0 Å². The van der Waals surface area contributed by atoms with Crippen LogP contribution in [0, 0.1) is 0 Å². The third kappa shape index (κ3) is 4.76. The zero-order valence-corrected chi connectivity index (χ0v) is 17.1. The molecule has 0 atom stereocenters. The first-order chi connectivity index (χ1) is 15.0. The lowest BCUT2D eigenvalue weighted by Crippen LogP contribution is -2.08. The quantitative estimate of drug-likeness (QED) is 0.470. The summed E-state index contributed by atoms with van der Waals surface area (Å²) in [5.74, 6) is -0.325. The van der Waals surface area contributed by atoms with E-state index in [9.17, 15) is 13.2 Å². The lowest BCUT2D eigenvalue weighted by atomic mass is 10.2. The Morgan fingerprint density at radius 3 is 2.23 bits per heavy atom. The van der Waals surface area contributed by atoms with Crippen molar-refractivity contribution in [3.63, 3.8) is 0 Å². The van der Waals surface area contributed by atoms with Crippen LogP contribution in [-0.4, -0.2) is 29.1 Å². The van der Waals surface area contributed by atoms with Crippen LogP contribution in [0.15, 0.2) is 107 Å². The minimum absolute atomic E-state index is 0.142. The number of anilines is 1. The highest BCUT2D eigenvalue weighted by Crippen LogP contribution is 2.23. The number of nitrogens with one attached hydrogen (secondary N) is 1. The molecule has 0 aliphatic carbocycles. The monoisotopic (exact) mass is 430 g/mol. The molecule has 0 spiro atoms. The van der Waals surface area contributed by atoms with E-state index in [1.807, 2.05) is 6.07 Å². The van der Waals surface area contributed by atoms with Crippen molar-refractivity contribution in [3.05, 3.63) is 103 Å². The van der Waals surface area contributed by atoms with Gasteiger partial charge in [-0.25, -0.2) is 13.1 Å². The first kappa shape index (κ1) is 20.2. The molecular formula is C23H18N4O3S. The predicted molar refractivity (Wildman–Crippen MR) is 117 cm³/mol. The molecule has 2 heterocycles. The van der Waals surface area contributed by atoms with Crippen LogP contribution in [-0.2, 0) is 14.6 Å². The Bertz CT molecular complexity index is 1300. The van der Waals surface area contributed by atoms with E-state index in [0.717, 1.165) is 11.3 Å². The summed E-state index contributed by atoms with van der Waals surface area (Å²) in [4.78, 5) is 16.4. The van der Waals surface area contributed by atoms with Gasteiger partial charge in [-0.05, 0) is 72.3 Å². The third-order valence-corrected chi connectivity index (χ3v) is 6.25. The zero-order valence-electron chi connectivity index (χ0n) is 16.3. The topological polar surface area (TPSA) is 94.0 Å². The van der Waals surface area contributed by atoms with E-state index >= 15 is 0 Å². The van der Waals surface area contributed by atoms with Gasteiger partial charge >= 0.3 is 0 Å². The molecule has 1 amide bonds. The molecule has 0 bridgehead atoms. The second-order valence-electron chi connectivity index (χ2n) is 6.58. The second-order valence-corrected chi connectivity index (χ2v) is 8.53. The fourth-order valence-electron chi connectivity index (χ4n) is 2.88. The zero-order chi connectivity index (χ0) is 21.7. The van der Waals surface area contributed by atoms with E-state index in [0.29, 0.717) is 5.69 Å². The Kier molecular flexibility index (Phi) is 5.72.